The highest BCUT2D eigenvalue weighted by molar-refractivity contribution is 14.0. The van der Waals surface area contributed by atoms with Crippen molar-refractivity contribution in [2.75, 3.05) is 13.6 Å². The summed E-state index contributed by atoms with van der Waals surface area (Å²) in [5, 5.41) is 14.2. The third-order valence-corrected chi connectivity index (χ3v) is 4.36. The average Bonchev–Trinajstić information content (AvgIpc) is 2.52. The Morgan fingerprint density at radius 1 is 1.17 bits per heavy atom. The van der Waals surface area contributed by atoms with E-state index in [1.807, 2.05) is 13.8 Å². The predicted molar refractivity (Wildman–Crippen MR) is 125 cm³/mol. The number of nitrogens with two attached hydrogens (primary N) is 1. The summed E-state index contributed by atoms with van der Waals surface area (Å²) in [6.45, 7) is 9.85. The monoisotopic (exact) mass is 541 g/mol. The fraction of sp³-hybridized carbons (Fsp3) is 0.556. The zero-order valence-corrected chi connectivity index (χ0v) is 20.8. The van der Waals surface area contributed by atoms with Gasteiger partial charge in [0, 0.05) is 20.1 Å². The Bertz CT molecular complexity index is 820. The molecule has 0 saturated heterocycles. The van der Waals surface area contributed by atoms with Gasteiger partial charge in [0.05, 0.1) is 10.4 Å². The number of ether oxygens (including phenoxy) is 1. The fourth-order valence-electron chi connectivity index (χ4n) is 2.17. The molecule has 9 nitrogen and oxygen atoms in total. The maximum atomic E-state index is 11.9. The van der Waals surface area contributed by atoms with Gasteiger partial charge in [-0.1, -0.05) is 12.1 Å². The molecular formula is C18H32IN5O4S. The third-order valence-electron chi connectivity index (χ3n) is 3.45. The Balaban J connectivity index is 0.00000784. The lowest BCUT2D eigenvalue weighted by atomic mass is 10.1. The van der Waals surface area contributed by atoms with Gasteiger partial charge in [-0.05, 0) is 52.3 Å². The minimum Gasteiger partial charge on any atom is -0.444 e. The summed E-state index contributed by atoms with van der Waals surface area (Å²) in [6.07, 6.45) is -0.498. The van der Waals surface area contributed by atoms with Crippen LogP contribution >= 0.6 is 24.0 Å². The number of nitrogens with zero attached hydrogens (tertiary/aromatic N) is 1. The molecule has 166 valence electrons. The van der Waals surface area contributed by atoms with Gasteiger partial charge in [-0.25, -0.2) is 18.4 Å². The minimum absolute atomic E-state index is 0. The highest BCUT2D eigenvalue weighted by Gasteiger charge is 2.24. The first-order valence-corrected chi connectivity index (χ1v) is 10.3. The van der Waals surface area contributed by atoms with E-state index in [4.69, 9.17) is 9.88 Å². The normalized spacial score (nSPS) is 12.6. The number of guanidine groups is 1. The van der Waals surface area contributed by atoms with E-state index >= 15 is 0 Å². The summed E-state index contributed by atoms with van der Waals surface area (Å²) in [4.78, 5) is 16.1. The SMILES string of the molecule is CN=C(NCc1cccc(S(N)(=O)=O)c1)NCC(C)(C)NC(=O)OC(C)(C)C.I. The number of nitrogens with one attached hydrogen (secondary N) is 3. The lowest BCUT2D eigenvalue weighted by Gasteiger charge is -2.29. The Hall–Kier alpha value is -1.60. The number of hydrogen-bond acceptors (Lipinski definition) is 5. The van der Waals surface area contributed by atoms with Crippen molar-refractivity contribution in [1.82, 2.24) is 16.0 Å². The number of halogens is 1. The summed E-state index contributed by atoms with van der Waals surface area (Å²) >= 11 is 0. The molecule has 0 aromatic heterocycles. The molecule has 0 atom stereocenters. The van der Waals surface area contributed by atoms with Gasteiger partial charge < -0.3 is 20.7 Å². The second-order valence-corrected chi connectivity index (χ2v) is 9.54. The molecule has 29 heavy (non-hydrogen) atoms. The fourth-order valence-corrected chi connectivity index (χ4v) is 2.75. The molecule has 1 amide bonds. The number of rotatable bonds is 6. The minimum atomic E-state index is -3.75. The zero-order chi connectivity index (χ0) is 21.6. The van der Waals surface area contributed by atoms with Crippen LogP contribution in [-0.2, 0) is 21.3 Å². The Labute approximate surface area is 190 Å². The molecule has 0 radical (unpaired) electrons. The Morgan fingerprint density at radius 2 is 1.79 bits per heavy atom. The van der Waals surface area contributed by atoms with Gasteiger partial charge in [0.15, 0.2) is 5.96 Å². The van der Waals surface area contributed by atoms with Crippen molar-refractivity contribution in [2.45, 2.75) is 57.2 Å². The molecule has 0 unspecified atom stereocenters. The van der Waals surface area contributed by atoms with Gasteiger partial charge >= 0.3 is 6.09 Å². The predicted octanol–water partition coefficient (Wildman–Crippen LogP) is 1.92. The van der Waals surface area contributed by atoms with Crippen LogP contribution in [0.2, 0.25) is 0 Å². The highest BCUT2D eigenvalue weighted by atomic mass is 127. The number of primary sulfonamides is 1. The van der Waals surface area contributed by atoms with Crippen LogP contribution in [0.3, 0.4) is 0 Å². The smallest absolute Gasteiger partial charge is 0.408 e. The van der Waals surface area contributed by atoms with Gasteiger partial charge in [0.2, 0.25) is 10.0 Å². The topological polar surface area (TPSA) is 135 Å². The van der Waals surface area contributed by atoms with Crippen LogP contribution in [0.5, 0.6) is 0 Å². The largest absolute Gasteiger partial charge is 0.444 e. The van der Waals surface area contributed by atoms with Crippen molar-refractivity contribution in [2.24, 2.45) is 10.1 Å². The summed E-state index contributed by atoms with van der Waals surface area (Å²) in [5.74, 6) is 0.500. The van der Waals surface area contributed by atoms with Crippen LogP contribution in [-0.4, -0.2) is 45.2 Å². The van der Waals surface area contributed by atoms with Gasteiger partial charge in [-0.3, -0.25) is 4.99 Å². The van der Waals surface area contributed by atoms with E-state index in [0.29, 0.717) is 19.0 Å². The van der Waals surface area contributed by atoms with Crippen LogP contribution < -0.4 is 21.1 Å². The number of sulfonamides is 1. The van der Waals surface area contributed by atoms with Gasteiger partial charge in [-0.15, -0.1) is 24.0 Å². The maximum Gasteiger partial charge on any atom is 0.408 e. The highest BCUT2D eigenvalue weighted by Crippen LogP contribution is 2.10. The van der Waals surface area contributed by atoms with Crippen molar-refractivity contribution >= 4 is 46.1 Å². The number of hydrogen-bond donors (Lipinski definition) is 4. The molecule has 0 fully saturated rings. The lowest BCUT2D eigenvalue weighted by molar-refractivity contribution is 0.0474. The molecule has 1 aromatic rings. The van der Waals surface area contributed by atoms with Crippen molar-refractivity contribution < 1.29 is 17.9 Å². The van der Waals surface area contributed by atoms with Gasteiger partial charge in [0.25, 0.3) is 0 Å². The Kier molecular flexibility index (Phi) is 10.4. The second-order valence-electron chi connectivity index (χ2n) is 7.98. The number of amides is 1. The van der Waals surface area contributed by atoms with Crippen LogP contribution in [0.25, 0.3) is 0 Å². The molecule has 0 aliphatic rings. The summed E-state index contributed by atoms with van der Waals surface area (Å²) in [5.41, 5.74) is -0.426. The summed E-state index contributed by atoms with van der Waals surface area (Å²) in [6, 6.07) is 6.35. The molecule has 0 saturated carbocycles. The van der Waals surface area contributed by atoms with Crippen molar-refractivity contribution in [3.8, 4) is 0 Å². The average molecular weight is 541 g/mol. The van der Waals surface area contributed by atoms with E-state index in [1.54, 1.807) is 40.0 Å². The summed E-state index contributed by atoms with van der Waals surface area (Å²) < 4.78 is 28.2. The van der Waals surface area contributed by atoms with E-state index in [9.17, 15) is 13.2 Å². The van der Waals surface area contributed by atoms with Crippen LogP contribution in [0.15, 0.2) is 34.2 Å². The molecule has 0 aliphatic carbocycles. The lowest BCUT2D eigenvalue weighted by Crippen LogP contribution is -2.54. The van der Waals surface area contributed by atoms with E-state index in [-0.39, 0.29) is 28.9 Å². The molecular weight excluding hydrogens is 509 g/mol. The number of carbonyl (C=O) groups is 1. The number of benzene rings is 1. The van der Waals surface area contributed by atoms with E-state index in [2.05, 4.69) is 20.9 Å². The van der Waals surface area contributed by atoms with E-state index in [1.165, 1.54) is 12.1 Å². The number of alkyl carbamates (subject to hydrolysis) is 1. The van der Waals surface area contributed by atoms with Crippen LogP contribution in [0.4, 0.5) is 4.79 Å². The van der Waals surface area contributed by atoms with Crippen molar-refractivity contribution in [3.05, 3.63) is 29.8 Å². The standard InChI is InChI=1S/C18H31N5O4S.HI/c1-17(2,3)27-16(24)23-18(4,5)12-22-15(20-6)21-11-13-8-7-9-14(10-13)28(19,25)26;/h7-10H,11-12H2,1-6H3,(H,23,24)(H2,19,25,26)(H2,20,21,22);1H. The maximum absolute atomic E-state index is 11.9. The second kappa shape index (κ2) is 11.0. The molecule has 0 aliphatic heterocycles. The number of aliphatic imine (C=N–C) groups is 1. The zero-order valence-electron chi connectivity index (χ0n) is 17.7. The molecule has 11 heteroatoms. The van der Waals surface area contributed by atoms with Crippen molar-refractivity contribution in [3.63, 3.8) is 0 Å². The molecule has 0 bridgehead atoms. The van der Waals surface area contributed by atoms with Gasteiger partial charge in [-0.2, -0.15) is 0 Å². The molecule has 0 spiro atoms. The van der Waals surface area contributed by atoms with Gasteiger partial charge in [0.1, 0.15) is 5.60 Å². The quantitative estimate of drug-likeness (QED) is 0.247. The molecule has 1 rings (SSSR count). The van der Waals surface area contributed by atoms with Crippen molar-refractivity contribution in [1.29, 1.82) is 0 Å². The molecule has 0 heterocycles. The first-order valence-electron chi connectivity index (χ1n) is 8.79. The first kappa shape index (κ1) is 27.4. The third kappa shape index (κ3) is 11.2. The van der Waals surface area contributed by atoms with Crippen LogP contribution in [0, 0.1) is 0 Å². The summed E-state index contributed by atoms with van der Waals surface area (Å²) in [7, 11) is -2.13. The molecule has 5 N–H and O–H groups in total. The van der Waals surface area contributed by atoms with Crippen LogP contribution in [0.1, 0.15) is 40.2 Å². The first-order chi connectivity index (χ1) is 12.7. The number of carbonyl (C=O) groups excluding carboxylic acids is 1. The van der Waals surface area contributed by atoms with E-state index < -0.39 is 27.3 Å². The Morgan fingerprint density at radius 3 is 2.31 bits per heavy atom. The van der Waals surface area contributed by atoms with E-state index in [0.717, 1.165) is 5.56 Å². The molecule has 1 aromatic carbocycles.